The summed E-state index contributed by atoms with van der Waals surface area (Å²) in [5.41, 5.74) is 0. The number of hydrogen-bond donors (Lipinski definition) is 0. The summed E-state index contributed by atoms with van der Waals surface area (Å²) in [7, 11) is 0. The predicted molar refractivity (Wildman–Crippen MR) is 97.4 cm³/mol. The van der Waals surface area contributed by atoms with E-state index in [2.05, 4.69) is 100 Å². The van der Waals surface area contributed by atoms with Crippen LogP contribution in [-0.4, -0.2) is 21.2 Å². The van der Waals surface area contributed by atoms with E-state index in [1.165, 1.54) is 9.37 Å². The van der Waals surface area contributed by atoms with Gasteiger partial charge in [0.2, 0.25) is 0 Å². The molecular weight excluding hydrogens is 459 g/mol. The van der Waals surface area contributed by atoms with Crippen LogP contribution in [-0.2, 0) is 0 Å². The van der Waals surface area contributed by atoms with Gasteiger partial charge in [0.05, 0.1) is 0 Å². The molecule has 0 aliphatic rings. The van der Waals surface area contributed by atoms with Crippen molar-refractivity contribution in [3.63, 3.8) is 0 Å². The Morgan fingerprint density at radius 1 is 0.545 bits per heavy atom. The zero-order valence-electron chi connectivity index (χ0n) is 12.7. The molecule has 0 spiro atoms. The van der Waals surface area contributed by atoms with Crippen molar-refractivity contribution in [2.45, 2.75) is 6.92 Å². The van der Waals surface area contributed by atoms with Crippen LogP contribution in [0.5, 0.6) is 0 Å². The molecule has 0 aromatic heterocycles. The Morgan fingerprint density at radius 3 is 1.14 bits per heavy atom. The molecule has 0 saturated heterocycles. The number of rotatable bonds is 3. The molecule has 0 N–H and O–H groups in total. The van der Waals surface area contributed by atoms with Crippen LogP contribution in [0, 0.1) is 9.40 Å². The zero-order chi connectivity index (χ0) is 15.3. The average Bonchev–Trinajstić information content (AvgIpc) is 2.62. The Balaban J connectivity index is 2.36. The van der Waals surface area contributed by atoms with E-state index < -0.39 is 21.2 Å². The molecule has 0 atom stereocenters. The summed E-state index contributed by atoms with van der Waals surface area (Å²) in [5, 5.41) is 0. The standard InChI is InChI=1S/3C6H5.C3H3.Pb/c3*1-2-4-6-5-3-1;1-3-2;/h3*1-5H;1H3;. The molecule has 0 nitrogen and oxygen atoms in total. The molecule has 3 aromatic rings. The summed E-state index contributed by atoms with van der Waals surface area (Å²) in [6.45, 7) is 1.96. The Morgan fingerprint density at radius 2 is 0.864 bits per heavy atom. The van der Waals surface area contributed by atoms with E-state index in [-0.39, 0.29) is 0 Å². The van der Waals surface area contributed by atoms with Crippen molar-refractivity contribution in [3.8, 4) is 9.40 Å². The van der Waals surface area contributed by atoms with Gasteiger partial charge in [-0.15, -0.1) is 0 Å². The van der Waals surface area contributed by atoms with Crippen LogP contribution >= 0.6 is 0 Å². The Bertz CT molecular complexity index is 684. The van der Waals surface area contributed by atoms with Gasteiger partial charge in [-0.25, -0.2) is 0 Å². The summed E-state index contributed by atoms with van der Waals surface area (Å²) >= 11 is -3.40. The maximum absolute atomic E-state index is 3.72. The first-order chi connectivity index (χ1) is 10.9. The minimum atomic E-state index is -3.40. The molecule has 3 rings (SSSR count). The average molecular weight is 478 g/mol. The van der Waals surface area contributed by atoms with Crippen molar-refractivity contribution in [2.75, 3.05) is 0 Å². The fourth-order valence-corrected chi connectivity index (χ4v) is 18.1. The fourth-order valence-electron chi connectivity index (χ4n) is 2.97. The summed E-state index contributed by atoms with van der Waals surface area (Å²) < 4.78 is 7.97. The molecule has 1 heteroatoms. The van der Waals surface area contributed by atoms with Gasteiger partial charge in [-0.3, -0.25) is 0 Å². The van der Waals surface area contributed by atoms with Crippen molar-refractivity contribution in [1.29, 1.82) is 0 Å². The van der Waals surface area contributed by atoms with Gasteiger partial charge in [0.25, 0.3) is 0 Å². The second kappa shape index (κ2) is 6.93. The third-order valence-corrected chi connectivity index (χ3v) is 20.4. The monoisotopic (exact) mass is 478 g/mol. The van der Waals surface area contributed by atoms with Crippen LogP contribution in [0.25, 0.3) is 0 Å². The van der Waals surface area contributed by atoms with E-state index in [0.717, 1.165) is 0 Å². The zero-order valence-corrected chi connectivity index (χ0v) is 16.5. The molecule has 0 unspecified atom stereocenters. The molecule has 0 bridgehead atoms. The molecule has 0 amide bonds. The van der Waals surface area contributed by atoms with E-state index in [4.69, 9.17) is 0 Å². The predicted octanol–water partition coefficient (Wildman–Crippen LogP) is 2.72. The van der Waals surface area contributed by atoms with Crippen molar-refractivity contribution < 1.29 is 0 Å². The number of benzene rings is 3. The van der Waals surface area contributed by atoms with Gasteiger partial charge in [0.15, 0.2) is 0 Å². The van der Waals surface area contributed by atoms with Crippen LogP contribution in [0.1, 0.15) is 6.92 Å². The second-order valence-corrected chi connectivity index (χ2v) is 18.8. The summed E-state index contributed by atoms with van der Waals surface area (Å²) in [6, 6.07) is 32.6. The molecular formula is C21H18Pb. The van der Waals surface area contributed by atoms with Crippen molar-refractivity contribution >= 4 is 30.5 Å². The minimum absolute atomic E-state index is 1.42. The van der Waals surface area contributed by atoms with Gasteiger partial charge in [0, 0.05) is 0 Å². The SMILES string of the molecule is CC#[C][Pb]([c]1ccccc1)([c]1ccccc1)[c]1ccccc1. The van der Waals surface area contributed by atoms with Crippen LogP contribution in [0.3, 0.4) is 0 Å². The van der Waals surface area contributed by atoms with Gasteiger partial charge in [-0.1, -0.05) is 0 Å². The first kappa shape index (κ1) is 15.1. The third kappa shape index (κ3) is 2.74. The fraction of sp³-hybridized carbons (Fsp3) is 0.0476. The topological polar surface area (TPSA) is 0 Å². The normalized spacial score (nSPS) is 10.6. The van der Waals surface area contributed by atoms with E-state index >= 15 is 0 Å². The second-order valence-electron chi connectivity index (χ2n) is 5.22. The van der Waals surface area contributed by atoms with Crippen molar-refractivity contribution in [3.05, 3.63) is 91.0 Å². The molecule has 0 aliphatic carbocycles. The number of hydrogen-bond acceptors (Lipinski definition) is 0. The Kier molecular flexibility index (Phi) is 4.75. The summed E-state index contributed by atoms with van der Waals surface area (Å²) in [5.74, 6) is 3.25. The van der Waals surface area contributed by atoms with E-state index in [1.807, 2.05) is 6.92 Å². The first-order valence-electron chi connectivity index (χ1n) is 7.48. The summed E-state index contributed by atoms with van der Waals surface area (Å²) in [6.07, 6.45) is 0. The molecule has 0 aliphatic heterocycles. The van der Waals surface area contributed by atoms with Gasteiger partial charge in [-0.05, 0) is 0 Å². The van der Waals surface area contributed by atoms with E-state index in [9.17, 15) is 0 Å². The van der Waals surface area contributed by atoms with E-state index in [1.54, 1.807) is 0 Å². The quantitative estimate of drug-likeness (QED) is 0.402. The van der Waals surface area contributed by atoms with Crippen molar-refractivity contribution in [2.24, 2.45) is 0 Å². The Labute approximate surface area is 137 Å². The maximum atomic E-state index is 3.72. The molecule has 0 radical (unpaired) electrons. The van der Waals surface area contributed by atoms with Gasteiger partial charge >= 0.3 is 138 Å². The Hall–Kier alpha value is -1.86. The molecule has 3 aromatic carbocycles. The molecule has 0 saturated carbocycles. The third-order valence-electron chi connectivity index (χ3n) is 3.93. The van der Waals surface area contributed by atoms with Crippen LogP contribution in [0.4, 0.5) is 0 Å². The van der Waals surface area contributed by atoms with E-state index in [0.29, 0.717) is 0 Å². The van der Waals surface area contributed by atoms with Gasteiger partial charge in [-0.2, -0.15) is 0 Å². The van der Waals surface area contributed by atoms with Crippen LogP contribution in [0.15, 0.2) is 91.0 Å². The molecule has 0 heterocycles. The van der Waals surface area contributed by atoms with Crippen LogP contribution < -0.4 is 9.37 Å². The van der Waals surface area contributed by atoms with Crippen molar-refractivity contribution in [1.82, 2.24) is 0 Å². The van der Waals surface area contributed by atoms with Gasteiger partial charge < -0.3 is 0 Å². The molecule has 22 heavy (non-hydrogen) atoms. The van der Waals surface area contributed by atoms with Gasteiger partial charge in [0.1, 0.15) is 0 Å². The molecule has 106 valence electrons. The summed E-state index contributed by atoms with van der Waals surface area (Å²) in [4.78, 5) is 0. The first-order valence-corrected chi connectivity index (χ1v) is 15.3. The molecule has 0 fully saturated rings. The van der Waals surface area contributed by atoms with Crippen LogP contribution in [0.2, 0.25) is 0 Å².